The first-order valence-electron chi connectivity index (χ1n) is 5.47. The van der Waals surface area contributed by atoms with E-state index in [1.807, 2.05) is 0 Å². The summed E-state index contributed by atoms with van der Waals surface area (Å²) in [6.07, 6.45) is 4.50. The molecule has 2 rings (SSSR count). The van der Waals surface area contributed by atoms with Crippen molar-refractivity contribution in [1.82, 2.24) is 9.29 Å². The highest BCUT2D eigenvalue weighted by Crippen LogP contribution is 2.17. The molecule has 0 bridgehead atoms. The van der Waals surface area contributed by atoms with Crippen LogP contribution in [0.25, 0.3) is 0 Å². The van der Waals surface area contributed by atoms with E-state index in [-0.39, 0.29) is 0 Å². The van der Waals surface area contributed by atoms with Gasteiger partial charge in [0.15, 0.2) is 0 Å². The predicted octanol–water partition coefficient (Wildman–Crippen LogP) is 1.99. The third-order valence-electron chi connectivity index (χ3n) is 2.61. The molecule has 0 aromatic carbocycles. The Morgan fingerprint density at radius 1 is 1.29 bits per heavy atom. The summed E-state index contributed by atoms with van der Waals surface area (Å²) in [6, 6.07) is 3.39. The molecule has 1 aliphatic heterocycles. The maximum absolute atomic E-state index is 12.0. The summed E-state index contributed by atoms with van der Waals surface area (Å²) in [5.41, 5.74) is 0. The Bertz CT molecular complexity index is 486. The Hall–Kier alpha value is -0.660. The fraction of sp³-hybridized carbons (Fsp3) is 0.500. The lowest BCUT2D eigenvalue weighted by atomic mass is 10.2. The average Bonchev–Trinajstić information content (AvgIpc) is 2.29. The zero-order valence-corrected chi connectivity index (χ0v) is 11.7. The molecule has 0 amide bonds. The van der Waals surface area contributed by atoms with Crippen molar-refractivity contribution in [3.8, 4) is 0 Å². The summed E-state index contributed by atoms with van der Waals surface area (Å²) in [7, 11) is -3.45. The molecule has 17 heavy (non-hydrogen) atoms. The van der Waals surface area contributed by atoms with Crippen LogP contribution in [-0.2, 0) is 10.2 Å². The van der Waals surface area contributed by atoms with Gasteiger partial charge in [-0.1, -0.05) is 22.4 Å². The van der Waals surface area contributed by atoms with Crippen LogP contribution in [0.15, 0.2) is 22.8 Å². The SMILES string of the molecule is O=S(=O)(Nc1cc(Br)ccn1)N1CCCCC1. The van der Waals surface area contributed by atoms with Crippen molar-refractivity contribution in [2.45, 2.75) is 19.3 Å². The van der Waals surface area contributed by atoms with Crippen molar-refractivity contribution in [2.24, 2.45) is 0 Å². The minimum absolute atomic E-state index is 0.338. The summed E-state index contributed by atoms with van der Waals surface area (Å²) in [4.78, 5) is 3.97. The van der Waals surface area contributed by atoms with Gasteiger partial charge < -0.3 is 0 Å². The topological polar surface area (TPSA) is 62.3 Å². The predicted molar refractivity (Wildman–Crippen MR) is 69.9 cm³/mol. The lowest BCUT2D eigenvalue weighted by molar-refractivity contribution is 0.349. The van der Waals surface area contributed by atoms with Gasteiger partial charge in [-0.15, -0.1) is 0 Å². The molecule has 94 valence electrons. The third-order valence-corrected chi connectivity index (χ3v) is 4.62. The molecule has 1 aliphatic rings. The Morgan fingerprint density at radius 3 is 2.65 bits per heavy atom. The third kappa shape index (κ3) is 3.40. The second kappa shape index (κ2) is 5.32. The van der Waals surface area contributed by atoms with E-state index in [4.69, 9.17) is 0 Å². The number of halogens is 1. The van der Waals surface area contributed by atoms with Crippen LogP contribution in [0.2, 0.25) is 0 Å². The molecule has 1 fully saturated rings. The smallest absolute Gasteiger partial charge is 0.254 e. The van der Waals surface area contributed by atoms with Crippen LogP contribution in [0.3, 0.4) is 0 Å². The maximum atomic E-state index is 12.0. The Balaban J connectivity index is 2.11. The van der Waals surface area contributed by atoms with Crippen molar-refractivity contribution in [1.29, 1.82) is 0 Å². The lowest BCUT2D eigenvalue weighted by Gasteiger charge is -2.25. The van der Waals surface area contributed by atoms with Gasteiger partial charge in [0, 0.05) is 23.8 Å². The fourth-order valence-corrected chi connectivity index (χ4v) is 3.34. The van der Waals surface area contributed by atoms with E-state index in [1.165, 1.54) is 4.31 Å². The van der Waals surface area contributed by atoms with Crippen molar-refractivity contribution >= 4 is 32.0 Å². The average molecular weight is 320 g/mol. The minimum Gasteiger partial charge on any atom is -0.254 e. The van der Waals surface area contributed by atoms with Crippen molar-refractivity contribution in [3.05, 3.63) is 22.8 Å². The van der Waals surface area contributed by atoms with E-state index in [9.17, 15) is 8.42 Å². The summed E-state index contributed by atoms with van der Waals surface area (Å²) >= 11 is 3.28. The molecule has 2 heterocycles. The standard InChI is InChI=1S/C10H14BrN3O2S/c11-9-4-5-12-10(8-9)13-17(15,16)14-6-2-1-3-7-14/h4-5,8H,1-3,6-7H2,(H,12,13). The summed E-state index contributed by atoms with van der Waals surface area (Å²) < 4.78 is 28.8. The number of pyridine rings is 1. The first kappa shape index (κ1) is 12.8. The molecule has 0 unspecified atom stereocenters. The number of rotatable bonds is 3. The van der Waals surface area contributed by atoms with Gasteiger partial charge in [-0.3, -0.25) is 4.72 Å². The van der Waals surface area contributed by atoms with Gasteiger partial charge >= 0.3 is 10.2 Å². The minimum atomic E-state index is -3.45. The molecule has 1 aromatic heterocycles. The Kier molecular flexibility index (Phi) is 4.01. The van der Waals surface area contributed by atoms with Crippen molar-refractivity contribution < 1.29 is 8.42 Å². The molecular formula is C10H14BrN3O2S. The van der Waals surface area contributed by atoms with Crippen LogP contribution in [0.1, 0.15) is 19.3 Å². The molecule has 0 atom stereocenters. The van der Waals surface area contributed by atoms with Crippen LogP contribution >= 0.6 is 15.9 Å². The number of hydrogen-bond donors (Lipinski definition) is 1. The highest BCUT2D eigenvalue weighted by molar-refractivity contribution is 9.10. The number of nitrogens with one attached hydrogen (secondary N) is 1. The highest BCUT2D eigenvalue weighted by Gasteiger charge is 2.23. The van der Waals surface area contributed by atoms with E-state index >= 15 is 0 Å². The monoisotopic (exact) mass is 319 g/mol. The molecule has 7 heteroatoms. The van der Waals surface area contributed by atoms with Gasteiger partial charge in [0.1, 0.15) is 5.82 Å². The molecule has 1 saturated heterocycles. The Labute approximate surface area is 110 Å². The quantitative estimate of drug-likeness (QED) is 0.926. The first-order valence-corrected chi connectivity index (χ1v) is 7.71. The second-order valence-corrected chi connectivity index (χ2v) is 6.51. The number of hydrogen-bond acceptors (Lipinski definition) is 3. The van der Waals surface area contributed by atoms with Crippen LogP contribution in [0.4, 0.5) is 5.82 Å². The number of piperidine rings is 1. The van der Waals surface area contributed by atoms with Gasteiger partial charge in [-0.2, -0.15) is 12.7 Å². The molecule has 0 saturated carbocycles. The zero-order chi connectivity index (χ0) is 12.3. The summed E-state index contributed by atoms with van der Waals surface area (Å²) in [5, 5.41) is 0. The van der Waals surface area contributed by atoms with E-state index in [0.717, 1.165) is 23.7 Å². The van der Waals surface area contributed by atoms with Crippen LogP contribution in [0.5, 0.6) is 0 Å². The van der Waals surface area contributed by atoms with E-state index in [2.05, 4.69) is 25.6 Å². The molecule has 1 aromatic rings. The van der Waals surface area contributed by atoms with Gasteiger partial charge in [-0.25, -0.2) is 4.98 Å². The van der Waals surface area contributed by atoms with Crippen LogP contribution in [-0.4, -0.2) is 30.8 Å². The summed E-state index contributed by atoms with van der Waals surface area (Å²) in [5.74, 6) is 0.338. The molecule has 0 spiro atoms. The number of aromatic nitrogens is 1. The molecule has 5 nitrogen and oxygen atoms in total. The van der Waals surface area contributed by atoms with Gasteiger partial charge in [-0.05, 0) is 25.0 Å². The lowest BCUT2D eigenvalue weighted by Crippen LogP contribution is -2.39. The van der Waals surface area contributed by atoms with E-state index < -0.39 is 10.2 Å². The second-order valence-electron chi connectivity index (χ2n) is 3.93. The maximum Gasteiger partial charge on any atom is 0.302 e. The summed E-state index contributed by atoms with van der Waals surface area (Å²) in [6.45, 7) is 1.17. The van der Waals surface area contributed by atoms with E-state index in [0.29, 0.717) is 18.9 Å². The van der Waals surface area contributed by atoms with Crippen LogP contribution < -0.4 is 4.72 Å². The normalized spacial score (nSPS) is 17.9. The van der Waals surface area contributed by atoms with E-state index in [1.54, 1.807) is 18.3 Å². The van der Waals surface area contributed by atoms with Gasteiger partial charge in [0.2, 0.25) is 0 Å². The van der Waals surface area contributed by atoms with Gasteiger partial charge in [0.05, 0.1) is 0 Å². The number of nitrogens with zero attached hydrogens (tertiary/aromatic N) is 2. The number of anilines is 1. The Morgan fingerprint density at radius 2 is 2.00 bits per heavy atom. The molecule has 0 radical (unpaired) electrons. The van der Waals surface area contributed by atoms with Crippen molar-refractivity contribution in [2.75, 3.05) is 17.8 Å². The van der Waals surface area contributed by atoms with Gasteiger partial charge in [0.25, 0.3) is 0 Å². The van der Waals surface area contributed by atoms with Crippen LogP contribution in [0, 0.1) is 0 Å². The molecule has 0 aliphatic carbocycles. The molecule has 1 N–H and O–H groups in total. The fourth-order valence-electron chi connectivity index (χ4n) is 1.76. The largest absolute Gasteiger partial charge is 0.302 e. The van der Waals surface area contributed by atoms with Crippen molar-refractivity contribution in [3.63, 3.8) is 0 Å². The highest BCUT2D eigenvalue weighted by atomic mass is 79.9. The first-order chi connectivity index (χ1) is 8.08. The molecular weight excluding hydrogens is 306 g/mol. The zero-order valence-electron chi connectivity index (χ0n) is 9.26.